The number of hydrogen-bond acceptors (Lipinski definition) is 6. The summed E-state index contributed by atoms with van der Waals surface area (Å²) in [6, 6.07) is 12.6. The maximum absolute atomic E-state index is 14.2. The largest absolute Gasteiger partial charge is 0.330 e. The smallest absolute Gasteiger partial charge is 0.294 e. The molecule has 1 aromatic heterocycles. The molecule has 1 fully saturated rings. The van der Waals surface area contributed by atoms with Gasteiger partial charge in [0.1, 0.15) is 5.82 Å². The standard InChI is InChI=1S/C21H18FN5O3S2/c1-13-19(32(24,29)30)31-20(25-13)27-10-2-9-26(21(27)28)16-6-4-15(5-7-16)17-11-14(12-23)3-8-18(17)22/h3-8,11H,2,9-10H2,1H3,(H2,24,29,30). The van der Waals surface area contributed by atoms with E-state index in [4.69, 9.17) is 10.4 Å². The van der Waals surface area contributed by atoms with Crippen molar-refractivity contribution in [3.05, 3.63) is 59.5 Å². The van der Waals surface area contributed by atoms with Crippen LogP contribution in [-0.4, -0.2) is 32.5 Å². The molecule has 0 saturated carbocycles. The van der Waals surface area contributed by atoms with Crippen LogP contribution in [0.4, 0.5) is 20.0 Å². The van der Waals surface area contributed by atoms with Crippen molar-refractivity contribution in [2.24, 2.45) is 5.14 Å². The van der Waals surface area contributed by atoms with Gasteiger partial charge in [0.25, 0.3) is 0 Å². The average Bonchev–Trinajstić information content (AvgIpc) is 3.16. The van der Waals surface area contributed by atoms with Gasteiger partial charge in [0, 0.05) is 24.3 Å². The number of carbonyl (C=O) groups is 1. The molecule has 0 unspecified atom stereocenters. The number of thiazole rings is 1. The lowest BCUT2D eigenvalue weighted by Gasteiger charge is -2.34. The zero-order valence-electron chi connectivity index (χ0n) is 16.9. The van der Waals surface area contributed by atoms with Crippen LogP contribution in [0.5, 0.6) is 0 Å². The number of primary sulfonamides is 1. The van der Waals surface area contributed by atoms with Crippen molar-refractivity contribution in [3.8, 4) is 17.2 Å². The molecule has 2 heterocycles. The average molecular weight is 472 g/mol. The molecule has 0 aliphatic carbocycles. The van der Waals surface area contributed by atoms with E-state index in [0.29, 0.717) is 41.9 Å². The molecule has 0 bridgehead atoms. The van der Waals surface area contributed by atoms with E-state index in [9.17, 15) is 17.6 Å². The van der Waals surface area contributed by atoms with E-state index in [0.717, 1.165) is 11.3 Å². The Labute approximate surface area is 188 Å². The second kappa shape index (κ2) is 8.31. The zero-order valence-corrected chi connectivity index (χ0v) is 18.6. The van der Waals surface area contributed by atoms with Crippen LogP contribution in [-0.2, 0) is 10.0 Å². The minimum Gasteiger partial charge on any atom is -0.294 e. The summed E-state index contributed by atoms with van der Waals surface area (Å²) in [6.07, 6.45) is 0.648. The molecule has 2 aromatic carbocycles. The Bertz CT molecular complexity index is 1350. The summed E-state index contributed by atoms with van der Waals surface area (Å²) in [7, 11) is -3.92. The van der Waals surface area contributed by atoms with Crippen LogP contribution in [0.3, 0.4) is 0 Å². The third-order valence-electron chi connectivity index (χ3n) is 5.04. The van der Waals surface area contributed by atoms with Gasteiger partial charge in [0.15, 0.2) is 9.34 Å². The van der Waals surface area contributed by atoms with Crippen LogP contribution in [0.1, 0.15) is 17.7 Å². The van der Waals surface area contributed by atoms with Crippen LogP contribution in [0, 0.1) is 24.1 Å². The fraction of sp³-hybridized carbons (Fsp3) is 0.190. The Morgan fingerprint density at radius 3 is 2.47 bits per heavy atom. The van der Waals surface area contributed by atoms with Crippen molar-refractivity contribution < 1.29 is 17.6 Å². The molecule has 1 saturated heterocycles. The van der Waals surface area contributed by atoms with Crippen molar-refractivity contribution in [1.82, 2.24) is 4.98 Å². The molecule has 4 rings (SSSR count). The lowest BCUT2D eigenvalue weighted by molar-refractivity contribution is 0.248. The van der Waals surface area contributed by atoms with Gasteiger partial charge in [-0.1, -0.05) is 23.5 Å². The van der Waals surface area contributed by atoms with Gasteiger partial charge in [-0.3, -0.25) is 9.80 Å². The molecule has 0 spiro atoms. The molecule has 32 heavy (non-hydrogen) atoms. The minimum atomic E-state index is -3.92. The number of anilines is 2. The summed E-state index contributed by atoms with van der Waals surface area (Å²) in [4.78, 5) is 20.3. The monoisotopic (exact) mass is 471 g/mol. The lowest BCUT2D eigenvalue weighted by Crippen LogP contribution is -2.49. The molecule has 1 aliphatic heterocycles. The van der Waals surface area contributed by atoms with Crippen LogP contribution < -0.4 is 14.9 Å². The molecule has 164 valence electrons. The molecule has 0 atom stereocenters. The number of nitrogens with two attached hydrogens (primary N) is 1. The van der Waals surface area contributed by atoms with Gasteiger partial charge in [-0.25, -0.2) is 27.7 Å². The highest BCUT2D eigenvalue weighted by Gasteiger charge is 2.31. The summed E-state index contributed by atoms with van der Waals surface area (Å²) in [5.41, 5.74) is 2.10. The number of nitrogens with zero attached hydrogens (tertiary/aromatic N) is 4. The number of hydrogen-bond donors (Lipinski definition) is 1. The first-order valence-electron chi connectivity index (χ1n) is 9.58. The van der Waals surface area contributed by atoms with Gasteiger partial charge >= 0.3 is 6.03 Å². The summed E-state index contributed by atoms with van der Waals surface area (Å²) in [5, 5.41) is 14.6. The van der Waals surface area contributed by atoms with Crippen molar-refractivity contribution in [3.63, 3.8) is 0 Å². The Morgan fingerprint density at radius 2 is 1.84 bits per heavy atom. The quantitative estimate of drug-likeness (QED) is 0.623. The summed E-state index contributed by atoms with van der Waals surface area (Å²) >= 11 is 0.865. The van der Waals surface area contributed by atoms with Crippen molar-refractivity contribution in [2.75, 3.05) is 22.9 Å². The molecule has 2 N–H and O–H groups in total. The van der Waals surface area contributed by atoms with Crippen molar-refractivity contribution >= 4 is 38.2 Å². The summed E-state index contributed by atoms with van der Waals surface area (Å²) < 4.78 is 37.6. The highest BCUT2D eigenvalue weighted by atomic mass is 32.2. The molecule has 0 radical (unpaired) electrons. The van der Waals surface area contributed by atoms with Gasteiger partial charge in [0.2, 0.25) is 10.0 Å². The topological polar surface area (TPSA) is 120 Å². The van der Waals surface area contributed by atoms with E-state index in [2.05, 4.69) is 4.98 Å². The first-order valence-corrected chi connectivity index (χ1v) is 11.9. The summed E-state index contributed by atoms with van der Waals surface area (Å²) in [5.74, 6) is -0.443. The molecule has 8 nitrogen and oxygen atoms in total. The van der Waals surface area contributed by atoms with Crippen LogP contribution >= 0.6 is 11.3 Å². The number of aromatic nitrogens is 1. The number of urea groups is 1. The van der Waals surface area contributed by atoms with E-state index in [-0.39, 0.29) is 21.1 Å². The highest BCUT2D eigenvalue weighted by molar-refractivity contribution is 7.91. The normalized spacial score (nSPS) is 14.5. The number of halogens is 1. The fourth-order valence-electron chi connectivity index (χ4n) is 3.53. The first kappa shape index (κ1) is 21.9. The number of amides is 2. The maximum atomic E-state index is 14.2. The number of rotatable bonds is 4. The van der Waals surface area contributed by atoms with Gasteiger partial charge in [-0.05, 0) is 49.2 Å². The molecule has 3 aromatic rings. The maximum Gasteiger partial charge on any atom is 0.330 e. The Hall–Kier alpha value is -3.33. The van der Waals surface area contributed by atoms with Crippen molar-refractivity contribution in [1.29, 1.82) is 5.26 Å². The highest BCUT2D eigenvalue weighted by Crippen LogP contribution is 2.33. The van der Waals surface area contributed by atoms with E-state index in [1.54, 1.807) is 29.2 Å². The molecule has 2 amide bonds. The predicted molar refractivity (Wildman–Crippen MR) is 119 cm³/mol. The SMILES string of the molecule is Cc1nc(N2CCCN(c3ccc(-c4cc(C#N)ccc4F)cc3)C2=O)sc1S(N)(=O)=O. The molecule has 1 aliphatic rings. The number of benzene rings is 2. The van der Waals surface area contributed by atoms with E-state index >= 15 is 0 Å². The van der Waals surface area contributed by atoms with E-state index in [1.165, 1.54) is 30.0 Å². The number of nitriles is 1. The number of carbonyl (C=O) groups excluding carboxylic acids is 1. The van der Waals surface area contributed by atoms with Crippen molar-refractivity contribution in [2.45, 2.75) is 17.6 Å². The minimum absolute atomic E-state index is 0.0663. The fourth-order valence-corrected chi connectivity index (χ4v) is 5.49. The Kier molecular flexibility index (Phi) is 5.68. The molecule has 11 heteroatoms. The third-order valence-corrected chi connectivity index (χ3v) is 7.78. The zero-order chi connectivity index (χ0) is 23.0. The van der Waals surface area contributed by atoms with E-state index < -0.39 is 15.8 Å². The first-order chi connectivity index (χ1) is 15.2. The van der Waals surface area contributed by atoms with Gasteiger partial charge in [-0.2, -0.15) is 5.26 Å². The third kappa shape index (κ3) is 4.08. The Morgan fingerprint density at radius 1 is 1.16 bits per heavy atom. The second-order valence-electron chi connectivity index (χ2n) is 7.21. The predicted octanol–water partition coefficient (Wildman–Crippen LogP) is 3.61. The Balaban J connectivity index is 1.61. The van der Waals surface area contributed by atoms with Gasteiger partial charge in [0.05, 0.1) is 17.3 Å². The van der Waals surface area contributed by atoms with Crippen LogP contribution in [0.25, 0.3) is 11.1 Å². The van der Waals surface area contributed by atoms with Gasteiger partial charge in [-0.15, -0.1) is 0 Å². The van der Waals surface area contributed by atoms with Crippen LogP contribution in [0.15, 0.2) is 46.7 Å². The second-order valence-corrected chi connectivity index (χ2v) is 9.94. The molecular weight excluding hydrogens is 453 g/mol. The van der Waals surface area contributed by atoms with Gasteiger partial charge < -0.3 is 0 Å². The molecular formula is C21H18FN5O3S2. The number of aryl methyl sites for hydroxylation is 1. The number of sulfonamides is 1. The van der Waals surface area contributed by atoms with E-state index in [1.807, 2.05) is 6.07 Å². The lowest BCUT2D eigenvalue weighted by atomic mass is 10.0. The van der Waals surface area contributed by atoms with Crippen LogP contribution in [0.2, 0.25) is 0 Å². The summed E-state index contributed by atoms with van der Waals surface area (Å²) in [6.45, 7) is 2.40.